The Labute approximate surface area is 105 Å². The van der Waals surface area contributed by atoms with Gasteiger partial charge < -0.3 is 10.4 Å². The Bertz CT molecular complexity index is 362. The number of carboxylic acids is 1. The van der Waals surface area contributed by atoms with Crippen molar-refractivity contribution in [3.63, 3.8) is 0 Å². The lowest BCUT2D eigenvalue weighted by molar-refractivity contribution is -0.141. The molecule has 0 fully saturated rings. The van der Waals surface area contributed by atoms with Gasteiger partial charge in [0.1, 0.15) is 6.04 Å². The van der Waals surface area contributed by atoms with Crippen LogP contribution in [0.3, 0.4) is 0 Å². The van der Waals surface area contributed by atoms with Gasteiger partial charge in [0.15, 0.2) is 0 Å². The van der Waals surface area contributed by atoms with Crippen LogP contribution in [0.2, 0.25) is 0 Å². The number of nitrogens with one attached hydrogen (secondary N) is 1. The summed E-state index contributed by atoms with van der Waals surface area (Å²) in [6.07, 6.45) is 2.47. The topological polar surface area (TPSA) is 66.4 Å². The molecular weight excluding hydrogens is 238 g/mol. The van der Waals surface area contributed by atoms with Gasteiger partial charge in [0.05, 0.1) is 6.42 Å². The number of aliphatic carboxylic acids is 1. The van der Waals surface area contributed by atoms with E-state index < -0.39 is 12.0 Å². The number of hydrogen-bond donors (Lipinski definition) is 2. The molecule has 5 heteroatoms. The van der Waals surface area contributed by atoms with E-state index in [0.717, 1.165) is 17.7 Å². The van der Waals surface area contributed by atoms with Crippen LogP contribution in [0.4, 0.5) is 0 Å². The minimum Gasteiger partial charge on any atom is -0.480 e. The number of rotatable bonds is 7. The third kappa shape index (κ3) is 4.99. The molecule has 1 rings (SSSR count). The molecule has 0 aliphatic carbocycles. The first-order valence-electron chi connectivity index (χ1n) is 5.68. The van der Waals surface area contributed by atoms with Gasteiger partial charge in [-0.25, -0.2) is 4.79 Å². The molecule has 94 valence electrons. The predicted molar refractivity (Wildman–Crippen MR) is 67.1 cm³/mol. The van der Waals surface area contributed by atoms with Crippen molar-refractivity contribution < 1.29 is 14.7 Å². The van der Waals surface area contributed by atoms with E-state index in [1.165, 1.54) is 11.3 Å². The minimum absolute atomic E-state index is 0.226. The van der Waals surface area contributed by atoms with E-state index in [1.54, 1.807) is 0 Å². The predicted octanol–water partition coefficient (Wildman–Crippen LogP) is 2.05. The Morgan fingerprint density at radius 1 is 1.53 bits per heavy atom. The maximum atomic E-state index is 11.6. The number of hydrogen-bond acceptors (Lipinski definition) is 3. The van der Waals surface area contributed by atoms with Gasteiger partial charge in [-0.15, -0.1) is 11.3 Å². The lowest BCUT2D eigenvalue weighted by Gasteiger charge is -2.13. The highest BCUT2D eigenvalue weighted by atomic mass is 32.1. The molecule has 0 aromatic carbocycles. The Balaban J connectivity index is 2.43. The standard InChI is InChI=1S/C12H17NO3S/c1-2-3-6-10(12(15)16)13-11(14)8-9-5-4-7-17-9/h4-5,7,10H,2-3,6,8H2,1H3,(H,13,14)(H,15,16). The molecule has 1 aromatic rings. The van der Waals surface area contributed by atoms with Crippen LogP contribution in [-0.2, 0) is 16.0 Å². The van der Waals surface area contributed by atoms with Crippen LogP contribution in [0.25, 0.3) is 0 Å². The van der Waals surface area contributed by atoms with Crippen molar-refractivity contribution >= 4 is 23.2 Å². The number of carbonyl (C=O) groups is 2. The molecule has 0 saturated heterocycles. The highest BCUT2D eigenvalue weighted by molar-refractivity contribution is 7.10. The average Bonchev–Trinajstić information content (AvgIpc) is 2.76. The summed E-state index contributed by atoms with van der Waals surface area (Å²) in [4.78, 5) is 23.5. The second-order valence-corrected chi connectivity index (χ2v) is 4.89. The molecule has 0 spiro atoms. The zero-order valence-corrected chi connectivity index (χ0v) is 10.6. The van der Waals surface area contributed by atoms with E-state index in [9.17, 15) is 9.59 Å². The first-order chi connectivity index (χ1) is 8.13. The Morgan fingerprint density at radius 3 is 2.82 bits per heavy atom. The molecule has 0 bridgehead atoms. The number of carbonyl (C=O) groups excluding carboxylic acids is 1. The first kappa shape index (κ1) is 13.7. The number of unbranched alkanes of at least 4 members (excludes halogenated alkanes) is 1. The summed E-state index contributed by atoms with van der Waals surface area (Å²) >= 11 is 1.50. The number of amides is 1. The smallest absolute Gasteiger partial charge is 0.326 e. The van der Waals surface area contributed by atoms with Crippen LogP contribution in [0, 0.1) is 0 Å². The summed E-state index contributed by atoms with van der Waals surface area (Å²) in [7, 11) is 0. The van der Waals surface area contributed by atoms with Crippen LogP contribution in [0.15, 0.2) is 17.5 Å². The van der Waals surface area contributed by atoms with Gasteiger partial charge in [0.2, 0.25) is 5.91 Å². The second-order valence-electron chi connectivity index (χ2n) is 3.86. The van der Waals surface area contributed by atoms with E-state index in [4.69, 9.17) is 5.11 Å². The van der Waals surface area contributed by atoms with Crippen molar-refractivity contribution in [2.24, 2.45) is 0 Å². The van der Waals surface area contributed by atoms with Crippen molar-refractivity contribution in [2.75, 3.05) is 0 Å². The second kappa shape index (κ2) is 7.06. The summed E-state index contributed by atoms with van der Waals surface area (Å²) < 4.78 is 0. The van der Waals surface area contributed by atoms with Crippen LogP contribution in [-0.4, -0.2) is 23.0 Å². The largest absolute Gasteiger partial charge is 0.480 e. The summed E-state index contributed by atoms with van der Waals surface area (Å²) in [5, 5.41) is 13.4. The van der Waals surface area contributed by atoms with Crippen molar-refractivity contribution in [3.8, 4) is 0 Å². The average molecular weight is 255 g/mol. The molecule has 0 aliphatic heterocycles. The summed E-state index contributed by atoms with van der Waals surface area (Å²) in [6, 6.07) is 2.98. The Morgan fingerprint density at radius 2 is 2.29 bits per heavy atom. The SMILES string of the molecule is CCCCC(NC(=O)Cc1cccs1)C(=O)O. The molecule has 17 heavy (non-hydrogen) atoms. The number of carboxylic acid groups (broad SMARTS) is 1. The Hall–Kier alpha value is -1.36. The monoisotopic (exact) mass is 255 g/mol. The molecule has 1 atom stereocenters. The van der Waals surface area contributed by atoms with Gasteiger partial charge in [0.25, 0.3) is 0 Å². The molecule has 1 amide bonds. The zero-order chi connectivity index (χ0) is 12.7. The quantitative estimate of drug-likeness (QED) is 0.783. The van der Waals surface area contributed by atoms with Crippen molar-refractivity contribution in [2.45, 2.75) is 38.6 Å². The van der Waals surface area contributed by atoms with E-state index >= 15 is 0 Å². The van der Waals surface area contributed by atoms with Gasteiger partial charge >= 0.3 is 5.97 Å². The minimum atomic E-state index is -0.960. The lowest BCUT2D eigenvalue weighted by Crippen LogP contribution is -2.41. The van der Waals surface area contributed by atoms with E-state index in [1.807, 2.05) is 24.4 Å². The fourth-order valence-electron chi connectivity index (χ4n) is 1.48. The molecule has 1 unspecified atom stereocenters. The van der Waals surface area contributed by atoms with E-state index in [-0.39, 0.29) is 12.3 Å². The van der Waals surface area contributed by atoms with Crippen molar-refractivity contribution in [1.82, 2.24) is 5.32 Å². The highest BCUT2D eigenvalue weighted by Gasteiger charge is 2.19. The fourth-order valence-corrected chi connectivity index (χ4v) is 2.19. The van der Waals surface area contributed by atoms with E-state index in [2.05, 4.69) is 5.32 Å². The summed E-state index contributed by atoms with van der Waals surface area (Å²) in [5.41, 5.74) is 0. The number of thiophene rings is 1. The zero-order valence-electron chi connectivity index (χ0n) is 9.81. The fraction of sp³-hybridized carbons (Fsp3) is 0.500. The third-order valence-corrected chi connectivity index (χ3v) is 3.27. The maximum absolute atomic E-state index is 11.6. The third-order valence-electron chi connectivity index (χ3n) is 2.39. The molecule has 4 nitrogen and oxygen atoms in total. The first-order valence-corrected chi connectivity index (χ1v) is 6.56. The van der Waals surface area contributed by atoms with Crippen LogP contribution in [0.5, 0.6) is 0 Å². The van der Waals surface area contributed by atoms with Gasteiger partial charge in [-0.1, -0.05) is 25.8 Å². The highest BCUT2D eigenvalue weighted by Crippen LogP contribution is 2.09. The molecular formula is C12H17NO3S. The molecule has 0 aliphatic rings. The summed E-state index contributed by atoms with van der Waals surface area (Å²) in [5.74, 6) is -1.19. The molecule has 1 heterocycles. The van der Waals surface area contributed by atoms with Gasteiger partial charge in [0, 0.05) is 4.88 Å². The Kier molecular flexibility index (Phi) is 5.69. The van der Waals surface area contributed by atoms with Crippen molar-refractivity contribution in [3.05, 3.63) is 22.4 Å². The molecule has 1 aromatic heterocycles. The lowest BCUT2D eigenvalue weighted by atomic mass is 10.1. The van der Waals surface area contributed by atoms with E-state index in [0.29, 0.717) is 6.42 Å². The van der Waals surface area contributed by atoms with Crippen molar-refractivity contribution in [1.29, 1.82) is 0 Å². The van der Waals surface area contributed by atoms with Crippen LogP contribution < -0.4 is 5.32 Å². The summed E-state index contributed by atoms with van der Waals surface area (Å²) in [6.45, 7) is 1.99. The van der Waals surface area contributed by atoms with Crippen LogP contribution in [0.1, 0.15) is 31.1 Å². The normalized spacial score (nSPS) is 12.1. The van der Waals surface area contributed by atoms with Gasteiger partial charge in [-0.2, -0.15) is 0 Å². The molecule has 0 saturated carbocycles. The van der Waals surface area contributed by atoms with Crippen LogP contribution >= 0.6 is 11.3 Å². The molecule has 0 radical (unpaired) electrons. The van der Waals surface area contributed by atoms with Gasteiger partial charge in [-0.05, 0) is 17.9 Å². The van der Waals surface area contributed by atoms with Gasteiger partial charge in [-0.3, -0.25) is 4.79 Å². The molecule has 2 N–H and O–H groups in total. The maximum Gasteiger partial charge on any atom is 0.326 e.